The Bertz CT molecular complexity index is 424. The number of ketones is 1. The van der Waals surface area contributed by atoms with E-state index in [9.17, 15) is 4.79 Å². The van der Waals surface area contributed by atoms with E-state index in [2.05, 4.69) is 6.58 Å². The van der Waals surface area contributed by atoms with Crippen molar-refractivity contribution >= 4 is 5.78 Å². The molecule has 1 aromatic rings. The molecule has 3 heteroatoms. The standard InChI is InChI=1S/C16H22O3/c1-4-5-6-7-8-9-15(17)14-12-13(18-2)10-11-16(14)19-3/h4,10-12H,1,5-9H2,2-3H3. The van der Waals surface area contributed by atoms with E-state index in [-0.39, 0.29) is 5.78 Å². The Kier molecular flexibility index (Phi) is 6.72. The van der Waals surface area contributed by atoms with E-state index >= 15 is 0 Å². The van der Waals surface area contributed by atoms with E-state index < -0.39 is 0 Å². The van der Waals surface area contributed by atoms with Gasteiger partial charge in [-0.2, -0.15) is 0 Å². The Morgan fingerprint density at radius 2 is 2.00 bits per heavy atom. The molecule has 0 N–H and O–H groups in total. The van der Waals surface area contributed by atoms with Crippen LogP contribution in [0.25, 0.3) is 0 Å². The Morgan fingerprint density at radius 3 is 2.63 bits per heavy atom. The zero-order valence-electron chi connectivity index (χ0n) is 11.8. The molecular weight excluding hydrogens is 240 g/mol. The van der Waals surface area contributed by atoms with Crippen LogP contribution in [0.1, 0.15) is 42.5 Å². The molecule has 0 aliphatic rings. The van der Waals surface area contributed by atoms with Gasteiger partial charge in [-0.05, 0) is 37.5 Å². The van der Waals surface area contributed by atoms with Crippen molar-refractivity contribution in [1.29, 1.82) is 0 Å². The zero-order chi connectivity index (χ0) is 14.1. The maximum Gasteiger partial charge on any atom is 0.166 e. The van der Waals surface area contributed by atoms with Crippen LogP contribution < -0.4 is 9.47 Å². The van der Waals surface area contributed by atoms with Gasteiger partial charge in [0.05, 0.1) is 19.8 Å². The minimum absolute atomic E-state index is 0.106. The molecule has 0 saturated carbocycles. The number of methoxy groups -OCH3 is 2. The van der Waals surface area contributed by atoms with Crippen LogP contribution in [0.15, 0.2) is 30.9 Å². The molecule has 0 amide bonds. The van der Waals surface area contributed by atoms with Gasteiger partial charge in [0.1, 0.15) is 11.5 Å². The fraction of sp³-hybridized carbons (Fsp3) is 0.438. The maximum atomic E-state index is 12.2. The van der Waals surface area contributed by atoms with Crippen LogP contribution in [0, 0.1) is 0 Å². The molecule has 0 saturated heterocycles. The summed E-state index contributed by atoms with van der Waals surface area (Å²) in [5, 5.41) is 0. The molecule has 3 nitrogen and oxygen atoms in total. The quantitative estimate of drug-likeness (QED) is 0.383. The van der Waals surface area contributed by atoms with Gasteiger partial charge in [-0.25, -0.2) is 0 Å². The van der Waals surface area contributed by atoms with Gasteiger partial charge in [0.2, 0.25) is 0 Å². The summed E-state index contributed by atoms with van der Waals surface area (Å²) in [4.78, 5) is 12.2. The van der Waals surface area contributed by atoms with Gasteiger partial charge in [-0.15, -0.1) is 6.58 Å². The average Bonchev–Trinajstić information content (AvgIpc) is 2.46. The monoisotopic (exact) mass is 262 g/mol. The van der Waals surface area contributed by atoms with Crippen molar-refractivity contribution in [2.45, 2.75) is 32.1 Å². The fourth-order valence-electron chi connectivity index (χ4n) is 1.92. The number of allylic oxidation sites excluding steroid dienone is 1. The molecule has 19 heavy (non-hydrogen) atoms. The van der Waals surface area contributed by atoms with Crippen molar-refractivity contribution < 1.29 is 14.3 Å². The SMILES string of the molecule is C=CCCCCCC(=O)c1cc(OC)ccc1OC. The summed E-state index contributed by atoms with van der Waals surface area (Å²) in [5.41, 5.74) is 0.602. The Balaban J connectivity index is 2.61. The second-order valence-electron chi connectivity index (χ2n) is 4.38. The summed E-state index contributed by atoms with van der Waals surface area (Å²) in [5.74, 6) is 1.39. The van der Waals surface area contributed by atoms with Crippen LogP contribution in [0.4, 0.5) is 0 Å². The molecule has 0 spiro atoms. The number of carbonyl (C=O) groups is 1. The molecule has 0 atom stereocenters. The minimum atomic E-state index is 0.106. The van der Waals surface area contributed by atoms with Crippen molar-refractivity contribution in [3.8, 4) is 11.5 Å². The summed E-state index contributed by atoms with van der Waals surface area (Å²) in [6.07, 6.45) is 6.49. The van der Waals surface area contributed by atoms with E-state index in [1.54, 1.807) is 32.4 Å². The van der Waals surface area contributed by atoms with Gasteiger partial charge in [-0.3, -0.25) is 4.79 Å². The van der Waals surface area contributed by atoms with Crippen LogP contribution in [-0.2, 0) is 0 Å². The van der Waals surface area contributed by atoms with E-state index in [1.807, 2.05) is 6.08 Å². The summed E-state index contributed by atoms with van der Waals surface area (Å²) in [6, 6.07) is 5.30. The highest BCUT2D eigenvalue weighted by Gasteiger charge is 2.13. The molecular formula is C16H22O3. The summed E-state index contributed by atoms with van der Waals surface area (Å²) < 4.78 is 10.4. The van der Waals surface area contributed by atoms with E-state index in [0.717, 1.165) is 25.7 Å². The highest BCUT2D eigenvalue weighted by molar-refractivity contribution is 5.99. The van der Waals surface area contributed by atoms with Gasteiger partial charge in [0.25, 0.3) is 0 Å². The van der Waals surface area contributed by atoms with Gasteiger partial charge in [-0.1, -0.05) is 12.5 Å². The van der Waals surface area contributed by atoms with E-state index in [4.69, 9.17) is 9.47 Å². The van der Waals surface area contributed by atoms with Crippen LogP contribution in [0.3, 0.4) is 0 Å². The van der Waals surface area contributed by atoms with Gasteiger partial charge in [0, 0.05) is 6.42 Å². The Morgan fingerprint density at radius 1 is 1.21 bits per heavy atom. The molecule has 0 aliphatic heterocycles. The van der Waals surface area contributed by atoms with Gasteiger partial charge < -0.3 is 9.47 Å². The number of hydrogen-bond acceptors (Lipinski definition) is 3. The first-order chi connectivity index (χ1) is 9.22. The van der Waals surface area contributed by atoms with Crippen LogP contribution in [0.5, 0.6) is 11.5 Å². The smallest absolute Gasteiger partial charge is 0.166 e. The van der Waals surface area contributed by atoms with Crippen molar-refractivity contribution in [1.82, 2.24) is 0 Å². The molecule has 104 valence electrons. The molecule has 0 aliphatic carbocycles. The summed E-state index contributed by atoms with van der Waals surface area (Å²) in [6.45, 7) is 3.69. The average molecular weight is 262 g/mol. The topological polar surface area (TPSA) is 35.5 Å². The predicted octanol–water partition coefficient (Wildman–Crippen LogP) is 4.02. The summed E-state index contributed by atoms with van der Waals surface area (Å²) >= 11 is 0. The number of Topliss-reactive ketones (excluding diaryl/α,β-unsaturated/α-hetero) is 1. The third kappa shape index (κ3) is 4.78. The molecule has 0 aromatic heterocycles. The zero-order valence-corrected chi connectivity index (χ0v) is 11.8. The Hall–Kier alpha value is -1.77. The minimum Gasteiger partial charge on any atom is -0.497 e. The number of ether oxygens (including phenoxy) is 2. The normalized spacial score (nSPS) is 10.0. The van der Waals surface area contributed by atoms with Crippen LogP contribution in [-0.4, -0.2) is 20.0 Å². The first-order valence-corrected chi connectivity index (χ1v) is 6.59. The number of benzene rings is 1. The number of unbranched alkanes of at least 4 members (excludes halogenated alkanes) is 3. The largest absolute Gasteiger partial charge is 0.497 e. The van der Waals surface area contributed by atoms with Crippen molar-refractivity contribution in [3.63, 3.8) is 0 Å². The second-order valence-corrected chi connectivity index (χ2v) is 4.38. The lowest BCUT2D eigenvalue weighted by atomic mass is 10.0. The van der Waals surface area contributed by atoms with Gasteiger partial charge in [0.15, 0.2) is 5.78 Å². The molecule has 0 unspecified atom stereocenters. The first-order valence-electron chi connectivity index (χ1n) is 6.59. The van der Waals surface area contributed by atoms with E-state index in [1.165, 1.54) is 0 Å². The highest BCUT2D eigenvalue weighted by atomic mass is 16.5. The number of carbonyl (C=O) groups excluding carboxylic acids is 1. The highest BCUT2D eigenvalue weighted by Crippen LogP contribution is 2.25. The number of rotatable bonds is 9. The third-order valence-corrected chi connectivity index (χ3v) is 3.02. The van der Waals surface area contributed by atoms with Crippen molar-refractivity contribution in [2.24, 2.45) is 0 Å². The second kappa shape index (κ2) is 8.35. The maximum absolute atomic E-state index is 12.2. The van der Waals surface area contributed by atoms with Crippen molar-refractivity contribution in [2.75, 3.05) is 14.2 Å². The van der Waals surface area contributed by atoms with Crippen LogP contribution in [0.2, 0.25) is 0 Å². The molecule has 0 bridgehead atoms. The summed E-state index contributed by atoms with van der Waals surface area (Å²) in [7, 11) is 3.16. The third-order valence-electron chi connectivity index (χ3n) is 3.02. The lowest BCUT2D eigenvalue weighted by Gasteiger charge is -2.09. The molecule has 0 heterocycles. The predicted molar refractivity (Wildman–Crippen MR) is 77.2 cm³/mol. The lowest BCUT2D eigenvalue weighted by Crippen LogP contribution is -2.03. The fourth-order valence-corrected chi connectivity index (χ4v) is 1.92. The van der Waals surface area contributed by atoms with Crippen molar-refractivity contribution in [3.05, 3.63) is 36.4 Å². The van der Waals surface area contributed by atoms with Gasteiger partial charge >= 0.3 is 0 Å². The number of hydrogen-bond donors (Lipinski definition) is 0. The molecule has 0 radical (unpaired) electrons. The van der Waals surface area contributed by atoms with E-state index in [0.29, 0.717) is 23.5 Å². The Labute approximate surface area is 115 Å². The molecule has 1 rings (SSSR count). The lowest BCUT2D eigenvalue weighted by molar-refractivity contribution is 0.0976. The first kappa shape index (κ1) is 15.3. The van der Waals surface area contributed by atoms with Crippen LogP contribution >= 0.6 is 0 Å². The molecule has 1 aromatic carbocycles. The molecule has 0 fully saturated rings.